The Bertz CT molecular complexity index is 1120. The van der Waals surface area contributed by atoms with E-state index in [9.17, 15) is 9.59 Å². The maximum absolute atomic E-state index is 13.7. The van der Waals surface area contributed by atoms with Gasteiger partial charge >= 0.3 is 6.09 Å². The van der Waals surface area contributed by atoms with Crippen molar-refractivity contribution in [3.05, 3.63) is 28.7 Å². The summed E-state index contributed by atoms with van der Waals surface area (Å²) in [6.45, 7) is 13.4. The van der Waals surface area contributed by atoms with E-state index in [0.717, 1.165) is 59.4 Å². The van der Waals surface area contributed by atoms with E-state index in [2.05, 4.69) is 17.2 Å². The minimum absolute atomic E-state index is 0.0106. The maximum atomic E-state index is 13.7. The van der Waals surface area contributed by atoms with Crippen LogP contribution in [0.1, 0.15) is 89.0 Å². The van der Waals surface area contributed by atoms with Crippen LogP contribution in [-0.4, -0.2) is 67.5 Å². The van der Waals surface area contributed by atoms with Crippen LogP contribution in [0.15, 0.2) is 12.3 Å². The molecule has 4 heterocycles. The number of carbonyl (C=O) groups excluding carboxylic acids is 2. The monoisotopic (exact) mass is 528 g/mol. The topological polar surface area (TPSA) is 101 Å². The van der Waals surface area contributed by atoms with Crippen molar-refractivity contribution in [3.63, 3.8) is 0 Å². The molecule has 4 rings (SSSR count). The average molecular weight is 529 g/mol. The Morgan fingerprint density at radius 2 is 1.95 bits per heavy atom. The van der Waals surface area contributed by atoms with E-state index >= 15 is 0 Å². The number of carbonyl (C=O) groups is 2. The molecule has 2 aliphatic heterocycles. The Hall–Kier alpha value is -2.75. The molecule has 2 aromatic heterocycles. The summed E-state index contributed by atoms with van der Waals surface area (Å²) in [6, 6.07) is 2.01. The van der Waals surface area contributed by atoms with Crippen LogP contribution in [0.4, 0.5) is 15.7 Å². The summed E-state index contributed by atoms with van der Waals surface area (Å²) in [4.78, 5) is 45.3. The number of rotatable bonds is 6. The number of ether oxygens (including phenoxy) is 1. The summed E-state index contributed by atoms with van der Waals surface area (Å²) in [6.07, 6.45) is 6.36. The minimum atomic E-state index is -0.865. The van der Waals surface area contributed by atoms with Gasteiger partial charge in [0, 0.05) is 48.4 Å². The third kappa shape index (κ3) is 6.40. The molecule has 2 fully saturated rings. The first-order valence-corrected chi connectivity index (χ1v) is 14.2. The molecule has 2 aromatic rings. The number of hydrogen-bond donors (Lipinski definition) is 1. The van der Waals surface area contributed by atoms with Crippen molar-refractivity contribution in [2.45, 2.75) is 97.1 Å². The second-order valence-corrected chi connectivity index (χ2v) is 12.6. The number of aryl methyl sites for hydroxylation is 2. The van der Waals surface area contributed by atoms with Crippen molar-refractivity contribution in [1.82, 2.24) is 24.8 Å². The molecule has 2 amide bonds. The van der Waals surface area contributed by atoms with Gasteiger partial charge in [-0.2, -0.15) is 0 Å². The Morgan fingerprint density at radius 3 is 2.57 bits per heavy atom. The van der Waals surface area contributed by atoms with E-state index in [1.54, 1.807) is 16.2 Å². The highest BCUT2D eigenvalue weighted by Crippen LogP contribution is 2.35. The molecule has 1 N–H and O–H groups in total. The number of amides is 2. The first kappa shape index (κ1) is 27.3. The number of aromatic nitrogens is 3. The number of hydrogen-bond acceptors (Lipinski definition) is 8. The van der Waals surface area contributed by atoms with Gasteiger partial charge in [-0.05, 0) is 66.7 Å². The third-order valence-corrected chi connectivity index (χ3v) is 7.85. The lowest BCUT2D eigenvalue weighted by Gasteiger charge is -2.40. The highest BCUT2D eigenvalue weighted by atomic mass is 32.1. The minimum Gasteiger partial charge on any atom is -0.444 e. The normalized spacial score (nSPS) is 20.8. The van der Waals surface area contributed by atoms with E-state index in [1.807, 2.05) is 51.8 Å². The SMILES string of the molecule is CCCc1cc(Nc2ncc(C)s2)nc(C2CCN(C(=O)[C@@]3(C)CCCN3C(=O)OC(C)(C)C)CC2)n1. The molecule has 10 heteroatoms. The highest BCUT2D eigenvalue weighted by Gasteiger charge is 2.49. The molecule has 0 aliphatic carbocycles. The van der Waals surface area contributed by atoms with Crippen LogP contribution in [0.2, 0.25) is 0 Å². The molecule has 2 aliphatic rings. The fraction of sp³-hybridized carbons (Fsp3) is 0.667. The van der Waals surface area contributed by atoms with Gasteiger partial charge in [-0.1, -0.05) is 13.3 Å². The fourth-order valence-electron chi connectivity index (χ4n) is 5.15. The summed E-state index contributed by atoms with van der Waals surface area (Å²) in [5.74, 6) is 1.79. The molecule has 0 saturated carbocycles. The van der Waals surface area contributed by atoms with Gasteiger partial charge < -0.3 is 15.0 Å². The van der Waals surface area contributed by atoms with E-state index in [4.69, 9.17) is 14.7 Å². The molecule has 0 unspecified atom stereocenters. The molecule has 0 bridgehead atoms. The largest absolute Gasteiger partial charge is 0.444 e. The zero-order chi connectivity index (χ0) is 26.8. The van der Waals surface area contributed by atoms with E-state index in [0.29, 0.717) is 26.1 Å². The zero-order valence-electron chi connectivity index (χ0n) is 23.0. The Labute approximate surface area is 224 Å². The summed E-state index contributed by atoms with van der Waals surface area (Å²) in [5.41, 5.74) is -0.441. The van der Waals surface area contributed by atoms with E-state index in [1.165, 1.54) is 0 Å². The molecule has 202 valence electrons. The zero-order valence-corrected chi connectivity index (χ0v) is 23.8. The maximum Gasteiger partial charge on any atom is 0.411 e. The molecule has 0 spiro atoms. The Balaban J connectivity index is 1.44. The molecular formula is C27H40N6O3S. The van der Waals surface area contributed by atoms with Crippen LogP contribution < -0.4 is 5.32 Å². The van der Waals surface area contributed by atoms with Gasteiger partial charge in [0.1, 0.15) is 22.8 Å². The summed E-state index contributed by atoms with van der Waals surface area (Å²) >= 11 is 1.60. The van der Waals surface area contributed by atoms with Gasteiger partial charge in [0.25, 0.3) is 0 Å². The lowest BCUT2D eigenvalue weighted by atomic mass is 9.92. The van der Waals surface area contributed by atoms with Crippen LogP contribution >= 0.6 is 11.3 Å². The van der Waals surface area contributed by atoms with Gasteiger partial charge in [-0.3, -0.25) is 9.69 Å². The second-order valence-electron chi connectivity index (χ2n) is 11.3. The van der Waals surface area contributed by atoms with Gasteiger partial charge in [0.05, 0.1) is 0 Å². The number of nitrogens with one attached hydrogen (secondary N) is 1. The van der Waals surface area contributed by atoms with Gasteiger partial charge in [-0.15, -0.1) is 11.3 Å². The molecule has 37 heavy (non-hydrogen) atoms. The van der Waals surface area contributed by atoms with Crippen molar-refractivity contribution in [2.24, 2.45) is 0 Å². The number of piperidine rings is 1. The van der Waals surface area contributed by atoms with Crippen molar-refractivity contribution >= 4 is 34.3 Å². The van der Waals surface area contributed by atoms with Crippen molar-refractivity contribution < 1.29 is 14.3 Å². The summed E-state index contributed by atoms with van der Waals surface area (Å²) in [7, 11) is 0. The van der Waals surface area contributed by atoms with Crippen molar-refractivity contribution in [2.75, 3.05) is 25.0 Å². The molecule has 1 atom stereocenters. The number of thiazole rings is 1. The highest BCUT2D eigenvalue weighted by molar-refractivity contribution is 7.15. The molecule has 0 aromatic carbocycles. The Kier molecular flexibility index (Phi) is 8.06. The standard InChI is InChI=1S/C27H40N6O3S/c1-7-9-20-16-21(31-24-28-17-18(2)37-24)30-22(29-20)19-10-14-32(15-11-19)23(34)27(6)12-8-13-33(27)25(35)36-26(3,4)5/h16-17,19H,7-15H2,1-6H3,(H,28,29,30,31)/t27-/m1/s1. The molecule has 0 radical (unpaired) electrons. The van der Waals surface area contributed by atoms with Crippen LogP contribution in [0.5, 0.6) is 0 Å². The second kappa shape index (κ2) is 10.9. The van der Waals surface area contributed by atoms with E-state index < -0.39 is 17.2 Å². The molecule has 9 nitrogen and oxygen atoms in total. The fourth-order valence-corrected chi connectivity index (χ4v) is 5.82. The average Bonchev–Trinajstić information content (AvgIpc) is 3.43. The van der Waals surface area contributed by atoms with Crippen LogP contribution in [0, 0.1) is 6.92 Å². The Morgan fingerprint density at radius 1 is 1.22 bits per heavy atom. The molecular weight excluding hydrogens is 488 g/mol. The predicted molar refractivity (Wildman–Crippen MR) is 145 cm³/mol. The number of anilines is 2. The van der Waals surface area contributed by atoms with Gasteiger partial charge in [0.2, 0.25) is 5.91 Å². The van der Waals surface area contributed by atoms with Crippen LogP contribution in [-0.2, 0) is 16.0 Å². The smallest absolute Gasteiger partial charge is 0.411 e. The third-order valence-electron chi connectivity index (χ3n) is 7.02. The van der Waals surface area contributed by atoms with Crippen LogP contribution in [0.25, 0.3) is 0 Å². The van der Waals surface area contributed by atoms with Crippen molar-refractivity contribution in [3.8, 4) is 0 Å². The van der Waals surface area contributed by atoms with Gasteiger partial charge in [-0.25, -0.2) is 19.7 Å². The van der Waals surface area contributed by atoms with Gasteiger partial charge in [0.15, 0.2) is 5.13 Å². The van der Waals surface area contributed by atoms with Crippen molar-refractivity contribution in [1.29, 1.82) is 0 Å². The lowest BCUT2D eigenvalue weighted by molar-refractivity contribution is -0.143. The predicted octanol–water partition coefficient (Wildman–Crippen LogP) is 5.43. The summed E-state index contributed by atoms with van der Waals surface area (Å²) in [5, 5.41) is 4.17. The van der Waals surface area contributed by atoms with E-state index in [-0.39, 0.29) is 11.8 Å². The summed E-state index contributed by atoms with van der Waals surface area (Å²) < 4.78 is 5.61. The number of nitrogens with zero attached hydrogens (tertiary/aromatic N) is 5. The molecule has 2 saturated heterocycles. The van der Waals surface area contributed by atoms with Crippen LogP contribution in [0.3, 0.4) is 0 Å². The first-order valence-electron chi connectivity index (χ1n) is 13.4. The first-order chi connectivity index (χ1) is 17.5. The lowest BCUT2D eigenvalue weighted by Crippen LogP contribution is -2.58. The number of likely N-dealkylation sites (tertiary alicyclic amines) is 2. The quantitative estimate of drug-likeness (QED) is 0.533.